The maximum atomic E-state index is 11.6. The Morgan fingerprint density at radius 1 is 1.00 bits per heavy atom. The molecule has 0 radical (unpaired) electrons. The topological polar surface area (TPSA) is 52.6 Å². The van der Waals surface area contributed by atoms with Gasteiger partial charge in [-0.2, -0.15) is 0 Å². The van der Waals surface area contributed by atoms with Crippen LogP contribution in [0.15, 0.2) is 12.2 Å². The van der Waals surface area contributed by atoms with Crippen molar-refractivity contribution in [2.45, 2.75) is 64.7 Å². The second-order valence-corrected chi connectivity index (χ2v) is 5.60. The van der Waals surface area contributed by atoms with Crippen LogP contribution < -0.4 is 0 Å². The van der Waals surface area contributed by atoms with Crippen LogP contribution in [0.3, 0.4) is 0 Å². The van der Waals surface area contributed by atoms with Crippen molar-refractivity contribution in [3.8, 4) is 0 Å². The minimum Gasteiger partial charge on any atom is -0.465 e. The summed E-state index contributed by atoms with van der Waals surface area (Å²) in [6.45, 7) is 2.89. The zero-order valence-electron chi connectivity index (χ0n) is 13.1. The Hall–Kier alpha value is -1.32. The predicted octanol–water partition coefficient (Wildman–Crippen LogP) is 3.79. The van der Waals surface area contributed by atoms with Crippen molar-refractivity contribution in [2.24, 2.45) is 5.92 Å². The Kier molecular flexibility index (Phi) is 9.58. The van der Waals surface area contributed by atoms with Gasteiger partial charge in [0.05, 0.1) is 6.61 Å². The smallest absolute Gasteiger partial charge is 0.306 e. The molecular weight excluding hydrogens is 268 g/mol. The molecule has 1 fully saturated rings. The lowest BCUT2D eigenvalue weighted by molar-refractivity contribution is -0.146. The van der Waals surface area contributed by atoms with Gasteiger partial charge in [0.2, 0.25) is 0 Å². The van der Waals surface area contributed by atoms with Crippen LogP contribution in [0.2, 0.25) is 0 Å². The molecule has 0 spiro atoms. The number of carbonyl (C=O) groups is 2. The quantitative estimate of drug-likeness (QED) is 0.480. The van der Waals surface area contributed by atoms with Crippen molar-refractivity contribution >= 4 is 11.9 Å². The van der Waals surface area contributed by atoms with Crippen molar-refractivity contribution in [3.63, 3.8) is 0 Å². The molecule has 0 aromatic rings. The fourth-order valence-electron chi connectivity index (χ4n) is 2.46. The maximum absolute atomic E-state index is 11.6. The first-order chi connectivity index (χ1) is 10.2. The average Bonchev–Trinajstić information content (AvgIpc) is 2.50. The molecule has 0 unspecified atom stereocenters. The first-order valence-electron chi connectivity index (χ1n) is 8.18. The molecule has 1 saturated carbocycles. The normalized spacial score (nSPS) is 16.0. The number of hydrogen-bond acceptors (Lipinski definition) is 4. The summed E-state index contributed by atoms with van der Waals surface area (Å²) >= 11 is 0. The molecule has 0 bridgehead atoms. The van der Waals surface area contributed by atoms with E-state index in [0.717, 1.165) is 6.42 Å². The third-order valence-electron chi connectivity index (χ3n) is 3.71. The van der Waals surface area contributed by atoms with E-state index in [2.05, 4.69) is 0 Å². The summed E-state index contributed by atoms with van der Waals surface area (Å²) in [6.07, 6.45) is 11.9. The number of rotatable bonds is 9. The lowest BCUT2D eigenvalue weighted by Gasteiger charge is -2.20. The van der Waals surface area contributed by atoms with E-state index in [1.807, 2.05) is 19.1 Å². The highest BCUT2D eigenvalue weighted by molar-refractivity contribution is 5.72. The summed E-state index contributed by atoms with van der Waals surface area (Å²) in [4.78, 5) is 23.0. The van der Waals surface area contributed by atoms with E-state index in [9.17, 15) is 9.59 Å². The van der Waals surface area contributed by atoms with E-state index < -0.39 is 0 Å². The van der Waals surface area contributed by atoms with Gasteiger partial charge < -0.3 is 9.47 Å². The van der Waals surface area contributed by atoms with Crippen LogP contribution in [0, 0.1) is 5.92 Å². The molecule has 0 saturated heterocycles. The monoisotopic (exact) mass is 296 g/mol. The zero-order valence-corrected chi connectivity index (χ0v) is 13.1. The number of esters is 2. The van der Waals surface area contributed by atoms with Gasteiger partial charge in [-0.05, 0) is 31.6 Å². The van der Waals surface area contributed by atoms with Gasteiger partial charge in [0, 0.05) is 12.8 Å². The molecule has 1 rings (SSSR count). The largest absolute Gasteiger partial charge is 0.465 e. The number of ether oxygens (including phenoxy) is 2. The van der Waals surface area contributed by atoms with Crippen LogP contribution in [-0.2, 0) is 19.1 Å². The summed E-state index contributed by atoms with van der Waals surface area (Å²) in [5, 5.41) is 0. The second kappa shape index (κ2) is 11.4. The van der Waals surface area contributed by atoms with Crippen molar-refractivity contribution in [2.75, 3.05) is 13.2 Å². The highest BCUT2D eigenvalue weighted by Gasteiger charge is 2.15. The van der Waals surface area contributed by atoms with E-state index in [1.54, 1.807) is 0 Å². The van der Waals surface area contributed by atoms with Crippen molar-refractivity contribution < 1.29 is 19.1 Å². The van der Waals surface area contributed by atoms with Gasteiger partial charge in [-0.3, -0.25) is 9.59 Å². The van der Waals surface area contributed by atoms with Crippen LogP contribution >= 0.6 is 0 Å². The highest BCUT2D eigenvalue weighted by atomic mass is 16.5. The molecule has 0 N–H and O–H groups in total. The zero-order chi connectivity index (χ0) is 15.3. The van der Waals surface area contributed by atoms with Gasteiger partial charge in [-0.15, -0.1) is 0 Å². The highest BCUT2D eigenvalue weighted by Crippen LogP contribution is 2.23. The SMILES string of the molecule is CC/C=C/COC(=O)CCCC(=O)OCC1CCCCC1. The summed E-state index contributed by atoms with van der Waals surface area (Å²) in [5.74, 6) is 0.0908. The van der Waals surface area contributed by atoms with Crippen LogP contribution in [0.1, 0.15) is 64.7 Å². The third-order valence-corrected chi connectivity index (χ3v) is 3.71. The maximum Gasteiger partial charge on any atom is 0.306 e. The summed E-state index contributed by atoms with van der Waals surface area (Å²) in [6, 6.07) is 0. The van der Waals surface area contributed by atoms with E-state index in [-0.39, 0.29) is 18.4 Å². The molecule has 0 aromatic heterocycles. The molecule has 4 heteroatoms. The molecule has 1 aliphatic rings. The second-order valence-electron chi connectivity index (χ2n) is 5.60. The Morgan fingerprint density at radius 2 is 1.67 bits per heavy atom. The van der Waals surface area contributed by atoms with E-state index in [1.165, 1.54) is 32.1 Å². The molecule has 0 heterocycles. The molecule has 21 heavy (non-hydrogen) atoms. The Balaban J connectivity index is 1.99. The first-order valence-corrected chi connectivity index (χ1v) is 8.18. The summed E-state index contributed by atoms with van der Waals surface area (Å²) in [7, 11) is 0. The molecule has 1 aliphatic carbocycles. The Labute approximate surface area is 127 Å². The third kappa shape index (κ3) is 9.27. The van der Waals surface area contributed by atoms with E-state index >= 15 is 0 Å². The molecule has 120 valence electrons. The minimum absolute atomic E-state index is 0.195. The predicted molar refractivity (Wildman–Crippen MR) is 81.8 cm³/mol. The van der Waals surface area contributed by atoms with Gasteiger partial charge in [0.25, 0.3) is 0 Å². The lowest BCUT2D eigenvalue weighted by Crippen LogP contribution is -2.16. The fourth-order valence-corrected chi connectivity index (χ4v) is 2.46. The Bertz CT molecular complexity index is 330. The fraction of sp³-hybridized carbons (Fsp3) is 0.765. The number of hydrogen-bond donors (Lipinski definition) is 0. The summed E-state index contributed by atoms with van der Waals surface area (Å²) in [5.41, 5.74) is 0. The first kappa shape index (κ1) is 17.7. The molecule has 0 amide bonds. The molecule has 0 aliphatic heterocycles. The van der Waals surface area contributed by atoms with Gasteiger partial charge in [0.15, 0.2) is 0 Å². The molecular formula is C17H28O4. The standard InChI is InChI=1S/C17H28O4/c1-2-3-7-13-20-16(18)11-8-12-17(19)21-14-15-9-5-4-6-10-15/h3,7,15H,2,4-6,8-14H2,1H3/b7-3+. The van der Waals surface area contributed by atoms with Gasteiger partial charge >= 0.3 is 11.9 Å². The summed E-state index contributed by atoms with van der Waals surface area (Å²) < 4.78 is 10.3. The van der Waals surface area contributed by atoms with Gasteiger partial charge in [-0.1, -0.05) is 38.3 Å². The van der Waals surface area contributed by atoms with E-state index in [0.29, 0.717) is 32.0 Å². The van der Waals surface area contributed by atoms with Crippen molar-refractivity contribution in [1.82, 2.24) is 0 Å². The molecule has 0 atom stereocenters. The molecule has 0 aromatic carbocycles. The van der Waals surface area contributed by atoms with Crippen LogP contribution in [0.25, 0.3) is 0 Å². The van der Waals surface area contributed by atoms with Gasteiger partial charge in [-0.25, -0.2) is 0 Å². The minimum atomic E-state index is -0.254. The van der Waals surface area contributed by atoms with Crippen molar-refractivity contribution in [3.05, 3.63) is 12.2 Å². The van der Waals surface area contributed by atoms with Crippen LogP contribution in [0.4, 0.5) is 0 Å². The van der Waals surface area contributed by atoms with Crippen LogP contribution in [-0.4, -0.2) is 25.2 Å². The van der Waals surface area contributed by atoms with E-state index in [4.69, 9.17) is 9.47 Å². The molecule has 4 nitrogen and oxygen atoms in total. The lowest BCUT2D eigenvalue weighted by atomic mass is 9.90. The number of allylic oxidation sites excluding steroid dienone is 1. The number of carbonyl (C=O) groups excluding carboxylic acids is 2. The van der Waals surface area contributed by atoms with Crippen molar-refractivity contribution in [1.29, 1.82) is 0 Å². The van der Waals surface area contributed by atoms with Crippen LogP contribution in [0.5, 0.6) is 0 Å². The Morgan fingerprint density at radius 3 is 2.33 bits per heavy atom. The average molecular weight is 296 g/mol. The van der Waals surface area contributed by atoms with Gasteiger partial charge in [0.1, 0.15) is 6.61 Å².